The highest BCUT2D eigenvalue weighted by Crippen LogP contribution is 2.38. The Morgan fingerprint density at radius 3 is 2.44 bits per heavy atom. The molecule has 9 nitrogen and oxygen atoms in total. The van der Waals surface area contributed by atoms with Gasteiger partial charge in [-0.25, -0.2) is 4.79 Å². The third-order valence-corrected chi connectivity index (χ3v) is 6.65. The summed E-state index contributed by atoms with van der Waals surface area (Å²) in [7, 11) is 1.92. The molecular formula is C30H37N3O6. The smallest absolute Gasteiger partial charge is 0.319 e. The first kappa shape index (κ1) is 28.5. The molecule has 208 valence electrons. The fourth-order valence-corrected chi connectivity index (χ4v) is 4.65. The van der Waals surface area contributed by atoms with Gasteiger partial charge in [-0.15, -0.1) is 0 Å². The molecule has 2 amide bonds. The molecule has 4 rings (SSSR count). The van der Waals surface area contributed by atoms with E-state index in [1.807, 2.05) is 67.4 Å². The van der Waals surface area contributed by atoms with E-state index >= 15 is 0 Å². The molecule has 0 aliphatic carbocycles. The van der Waals surface area contributed by atoms with Crippen LogP contribution >= 0.6 is 0 Å². The van der Waals surface area contributed by atoms with Gasteiger partial charge in [-0.1, -0.05) is 48.5 Å². The Morgan fingerprint density at radius 2 is 1.77 bits per heavy atom. The molecule has 4 atom stereocenters. The number of likely N-dealkylation sites (N-methyl/N-ethyl adjacent to an activating group) is 1. The van der Waals surface area contributed by atoms with Gasteiger partial charge in [0.1, 0.15) is 5.75 Å². The summed E-state index contributed by atoms with van der Waals surface area (Å²) < 4.78 is 12.8. The number of carbonyl (C=O) groups is 1. The van der Waals surface area contributed by atoms with Crippen LogP contribution in [0.25, 0.3) is 0 Å². The monoisotopic (exact) mass is 535 g/mol. The van der Waals surface area contributed by atoms with Crippen molar-refractivity contribution in [1.82, 2.24) is 10.2 Å². The highest BCUT2D eigenvalue weighted by atomic mass is 16.7. The lowest BCUT2D eigenvalue weighted by Gasteiger charge is -2.38. The van der Waals surface area contributed by atoms with Crippen LogP contribution in [0.4, 0.5) is 10.5 Å². The van der Waals surface area contributed by atoms with Crippen molar-refractivity contribution < 1.29 is 29.6 Å². The number of rotatable bonds is 10. The van der Waals surface area contributed by atoms with Crippen LogP contribution in [0, 0.1) is 0 Å². The number of nitrogens with zero attached hydrogens (tertiary/aromatic N) is 1. The Balaban J connectivity index is 1.47. The standard InChI is InChI=1S/C30H37N3O6/c1-3-31-30(37)32-24-13-11-22(12-14-24)29-38-26(16-28(39-29)21-9-7-20(19-34)8-10-21)17-33(2)18-27(36)23-5-4-6-25(35)15-23/h4-15,26-29,34-36H,3,16-19H2,1-2H3,(H2,31,32,37)/t26-,27-,28+,29+/m1/s1. The molecule has 1 fully saturated rings. The number of benzene rings is 3. The van der Waals surface area contributed by atoms with Crippen LogP contribution in [0.2, 0.25) is 0 Å². The number of amides is 2. The molecule has 1 saturated heterocycles. The number of nitrogens with one attached hydrogen (secondary N) is 2. The number of phenols is 1. The highest BCUT2D eigenvalue weighted by molar-refractivity contribution is 5.89. The predicted molar refractivity (Wildman–Crippen MR) is 148 cm³/mol. The van der Waals surface area contributed by atoms with Crippen molar-refractivity contribution in [3.63, 3.8) is 0 Å². The summed E-state index contributed by atoms with van der Waals surface area (Å²) in [6.45, 7) is 3.29. The molecule has 39 heavy (non-hydrogen) atoms. The lowest BCUT2D eigenvalue weighted by Crippen LogP contribution is -2.39. The highest BCUT2D eigenvalue weighted by Gasteiger charge is 2.33. The zero-order valence-electron chi connectivity index (χ0n) is 22.3. The number of phenolic OH excluding ortho intramolecular Hbond substituents is 1. The molecule has 0 saturated carbocycles. The summed E-state index contributed by atoms with van der Waals surface area (Å²) in [5.74, 6) is 0.118. The first-order valence-corrected chi connectivity index (χ1v) is 13.2. The van der Waals surface area contributed by atoms with Crippen LogP contribution in [-0.4, -0.2) is 59.0 Å². The van der Waals surface area contributed by atoms with E-state index in [0.29, 0.717) is 37.3 Å². The number of carbonyl (C=O) groups excluding carboxylic acids is 1. The molecule has 0 radical (unpaired) electrons. The van der Waals surface area contributed by atoms with E-state index < -0.39 is 12.4 Å². The lowest BCUT2D eigenvalue weighted by atomic mass is 9.99. The maximum Gasteiger partial charge on any atom is 0.319 e. The normalized spacial score (nSPS) is 20.0. The molecule has 0 unspecified atom stereocenters. The number of urea groups is 1. The van der Waals surface area contributed by atoms with Crippen LogP contribution in [0.15, 0.2) is 72.8 Å². The van der Waals surface area contributed by atoms with Gasteiger partial charge in [0.2, 0.25) is 0 Å². The number of hydrogen-bond acceptors (Lipinski definition) is 7. The second-order valence-corrected chi connectivity index (χ2v) is 9.79. The summed E-state index contributed by atoms with van der Waals surface area (Å²) in [5, 5.41) is 35.4. The predicted octanol–water partition coefficient (Wildman–Crippen LogP) is 4.24. The van der Waals surface area contributed by atoms with Gasteiger partial charge in [-0.3, -0.25) is 0 Å². The van der Waals surface area contributed by atoms with Crippen molar-refractivity contribution in [2.75, 3.05) is 32.0 Å². The van der Waals surface area contributed by atoms with Crippen molar-refractivity contribution >= 4 is 11.7 Å². The van der Waals surface area contributed by atoms with Gasteiger partial charge < -0.3 is 40.3 Å². The average molecular weight is 536 g/mol. The van der Waals surface area contributed by atoms with E-state index in [4.69, 9.17) is 9.47 Å². The third kappa shape index (κ3) is 8.01. The minimum atomic E-state index is -0.760. The fraction of sp³-hybridized carbons (Fsp3) is 0.367. The summed E-state index contributed by atoms with van der Waals surface area (Å²) in [5.41, 5.74) is 3.95. The molecule has 1 aliphatic heterocycles. The Bertz CT molecular complexity index is 1200. The van der Waals surface area contributed by atoms with Crippen LogP contribution in [-0.2, 0) is 16.1 Å². The van der Waals surface area contributed by atoms with E-state index in [9.17, 15) is 20.1 Å². The number of aliphatic hydroxyl groups excluding tert-OH is 2. The minimum absolute atomic E-state index is 0.0247. The van der Waals surface area contributed by atoms with Crippen molar-refractivity contribution in [2.24, 2.45) is 0 Å². The van der Waals surface area contributed by atoms with Gasteiger partial charge in [-0.05, 0) is 54.9 Å². The Hall–Kier alpha value is -3.47. The second-order valence-electron chi connectivity index (χ2n) is 9.79. The number of aromatic hydroxyl groups is 1. The second kappa shape index (κ2) is 13.5. The SMILES string of the molecule is CCNC(=O)Nc1ccc([C@H]2O[C@@H](CN(C)C[C@@H](O)c3cccc(O)c3)C[C@@H](c3ccc(CO)cc3)O2)cc1. The van der Waals surface area contributed by atoms with Crippen LogP contribution in [0.3, 0.4) is 0 Å². The van der Waals surface area contributed by atoms with Gasteiger partial charge in [0.15, 0.2) is 6.29 Å². The summed E-state index contributed by atoms with van der Waals surface area (Å²) >= 11 is 0. The molecular weight excluding hydrogens is 498 g/mol. The lowest BCUT2D eigenvalue weighted by molar-refractivity contribution is -0.252. The van der Waals surface area contributed by atoms with Crippen LogP contribution in [0.5, 0.6) is 5.75 Å². The summed E-state index contributed by atoms with van der Waals surface area (Å²) in [4.78, 5) is 13.9. The number of aliphatic hydroxyl groups is 2. The Morgan fingerprint density at radius 1 is 1.05 bits per heavy atom. The molecule has 1 heterocycles. The van der Waals surface area contributed by atoms with Crippen molar-refractivity contribution in [1.29, 1.82) is 0 Å². The quantitative estimate of drug-likeness (QED) is 0.263. The van der Waals surface area contributed by atoms with E-state index in [-0.39, 0.29) is 30.6 Å². The van der Waals surface area contributed by atoms with Gasteiger partial charge in [0, 0.05) is 37.3 Å². The maximum atomic E-state index is 11.9. The molecule has 9 heteroatoms. The first-order chi connectivity index (χ1) is 18.8. The van der Waals surface area contributed by atoms with Crippen LogP contribution < -0.4 is 10.6 Å². The Kier molecular flexibility index (Phi) is 9.91. The van der Waals surface area contributed by atoms with Crippen molar-refractivity contribution in [3.05, 3.63) is 95.1 Å². The number of ether oxygens (including phenoxy) is 2. The van der Waals surface area contributed by atoms with Gasteiger partial charge >= 0.3 is 6.03 Å². The molecule has 5 N–H and O–H groups in total. The molecule has 0 spiro atoms. The minimum Gasteiger partial charge on any atom is -0.508 e. The van der Waals surface area contributed by atoms with Crippen molar-refractivity contribution in [2.45, 2.75) is 44.6 Å². The topological polar surface area (TPSA) is 124 Å². The van der Waals surface area contributed by atoms with E-state index in [0.717, 1.165) is 16.7 Å². The average Bonchev–Trinajstić information content (AvgIpc) is 2.93. The first-order valence-electron chi connectivity index (χ1n) is 13.2. The van der Waals surface area contributed by atoms with Gasteiger partial charge in [0.25, 0.3) is 0 Å². The van der Waals surface area contributed by atoms with E-state index in [2.05, 4.69) is 10.6 Å². The fourth-order valence-electron chi connectivity index (χ4n) is 4.65. The Labute approximate surface area is 229 Å². The zero-order chi connectivity index (χ0) is 27.8. The molecule has 0 bridgehead atoms. The summed E-state index contributed by atoms with van der Waals surface area (Å²) in [6, 6.07) is 21.4. The number of anilines is 1. The zero-order valence-corrected chi connectivity index (χ0v) is 22.3. The molecule has 0 aromatic heterocycles. The van der Waals surface area contributed by atoms with Gasteiger partial charge in [0.05, 0.1) is 24.9 Å². The third-order valence-electron chi connectivity index (χ3n) is 6.65. The maximum absolute atomic E-state index is 11.9. The summed E-state index contributed by atoms with van der Waals surface area (Å²) in [6.07, 6.45) is -1.21. The van der Waals surface area contributed by atoms with Crippen LogP contribution in [0.1, 0.15) is 54.1 Å². The number of hydrogen-bond donors (Lipinski definition) is 5. The van der Waals surface area contributed by atoms with E-state index in [1.54, 1.807) is 24.3 Å². The van der Waals surface area contributed by atoms with E-state index in [1.165, 1.54) is 0 Å². The largest absolute Gasteiger partial charge is 0.508 e. The molecule has 1 aliphatic rings. The molecule has 3 aromatic rings. The van der Waals surface area contributed by atoms with Crippen molar-refractivity contribution in [3.8, 4) is 5.75 Å². The van der Waals surface area contributed by atoms with Gasteiger partial charge in [-0.2, -0.15) is 0 Å². The molecule has 3 aromatic carbocycles.